The monoisotopic (exact) mass is 595 g/mol. The summed E-state index contributed by atoms with van der Waals surface area (Å²) in [7, 11) is 1.30. The molecule has 1 aromatic carbocycles. The predicted octanol–water partition coefficient (Wildman–Crippen LogP) is -1.06. The minimum absolute atomic E-state index is 0.00514. The molecule has 0 saturated carbocycles. The summed E-state index contributed by atoms with van der Waals surface area (Å²) in [6, 6.07) is 6.57. The van der Waals surface area contributed by atoms with Crippen molar-refractivity contribution in [2.24, 2.45) is 0 Å². The molecule has 2 fully saturated rings. The Balaban J connectivity index is 1.26. The SMILES string of the molecule is COC(=O)c1ccc(CNC(=O)c2cn(-c3nc(N[C@@H]4CCOC4)c4ncn([C@@H]5O[C@H](CO)[C@@H](O)[C@@H]5O)c4n3)nn2)cc1. The molecule has 5 atom stereocenters. The quantitative estimate of drug-likeness (QED) is 0.146. The number of hydrogen-bond acceptors (Lipinski definition) is 14. The molecule has 2 saturated heterocycles. The van der Waals surface area contributed by atoms with Gasteiger partial charge in [0.2, 0.25) is 0 Å². The molecule has 2 aliphatic heterocycles. The number of ether oxygens (including phenoxy) is 3. The van der Waals surface area contributed by atoms with E-state index in [1.165, 1.54) is 28.9 Å². The number of carbonyl (C=O) groups excluding carboxylic acids is 2. The molecule has 4 aromatic rings. The number of methoxy groups -OCH3 is 1. The van der Waals surface area contributed by atoms with Crippen LogP contribution in [0.25, 0.3) is 17.1 Å². The van der Waals surface area contributed by atoms with Gasteiger partial charge in [-0.1, -0.05) is 17.3 Å². The molecule has 2 aliphatic rings. The Labute approximate surface area is 243 Å². The second-order valence-corrected chi connectivity index (χ2v) is 10.0. The number of carbonyl (C=O) groups is 2. The van der Waals surface area contributed by atoms with Crippen molar-refractivity contribution in [2.75, 3.05) is 32.2 Å². The Hall–Kier alpha value is -4.55. The van der Waals surface area contributed by atoms with Crippen LogP contribution >= 0.6 is 0 Å². The fourth-order valence-corrected chi connectivity index (χ4v) is 4.86. The summed E-state index contributed by atoms with van der Waals surface area (Å²) in [5.41, 5.74) is 1.77. The summed E-state index contributed by atoms with van der Waals surface area (Å²) in [6.07, 6.45) is -1.23. The van der Waals surface area contributed by atoms with Gasteiger partial charge in [-0.25, -0.2) is 9.78 Å². The molecular weight excluding hydrogens is 566 g/mol. The molecule has 0 unspecified atom stereocenters. The third-order valence-electron chi connectivity index (χ3n) is 7.23. The summed E-state index contributed by atoms with van der Waals surface area (Å²) >= 11 is 0. The first kappa shape index (κ1) is 28.6. The number of amides is 1. The molecule has 17 nitrogen and oxygen atoms in total. The van der Waals surface area contributed by atoms with E-state index in [1.54, 1.807) is 24.3 Å². The number of esters is 1. The smallest absolute Gasteiger partial charge is 0.337 e. The second kappa shape index (κ2) is 12.0. The summed E-state index contributed by atoms with van der Waals surface area (Å²) < 4.78 is 18.5. The molecular formula is C26H29N9O8. The van der Waals surface area contributed by atoms with Crippen LogP contribution in [0.4, 0.5) is 5.82 Å². The molecule has 17 heteroatoms. The Morgan fingerprint density at radius 3 is 2.67 bits per heavy atom. The number of aliphatic hydroxyl groups excluding tert-OH is 3. The average Bonchev–Trinajstić information content (AvgIpc) is 3.84. The van der Waals surface area contributed by atoms with Crippen molar-refractivity contribution in [1.82, 2.24) is 39.8 Å². The highest BCUT2D eigenvalue weighted by Crippen LogP contribution is 2.33. The van der Waals surface area contributed by atoms with E-state index < -0.39 is 43.0 Å². The number of hydrogen-bond donors (Lipinski definition) is 5. The van der Waals surface area contributed by atoms with E-state index in [4.69, 9.17) is 14.2 Å². The number of aromatic nitrogens is 7. The average molecular weight is 596 g/mol. The molecule has 0 radical (unpaired) electrons. The van der Waals surface area contributed by atoms with Crippen LogP contribution in [0.2, 0.25) is 0 Å². The molecule has 6 rings (SSSR count). The fourth-order valence-electron chi connectivity index (χ4n) is 4.86. The molecule has 5 heterocycles. The van der Waals surface area contributed by atoms with Gasteiger partial charge in [0.1, 0.15) is 18.3 Å². The van der Waals surface area contributed by atoms with Crippen molar-refractivity contribution < 1.29 is 39.1 Å². The Kier molecular flexibility index (Phi) is 7.96. The van der Waals surface area contributed by atoms with Gasteiger partial charge in [-0.15, -0.1) is 5.10 Å². The molecule has 0 bridgehead atoms. The highest BCUT2D eigenvalue weighted by Gasteiger charge is 2.44. The van der Waals surface area contributed by atoms with Crippen LogP contribution in [0.3, 0.4) is 0 Å². The van der Waals surface area contributed by atoms with E-state index in [2.05, 4.69) is 35.9 Å². The van der Waals surface area contributed by atoms with E-state index >= 15 is 0 Å². The van der Waals surface area contributed by atoms with Crippen molar-refractivity contribution in [1.29, 1.82) is 0 Å². The first-order chi connectivity index (χ1) is 20.9. The number of imidazole rings is 1. The lowest BCUT2D eigenvalue weighted by Gasteiger charge is -2.17. The van der Waals surface area contributed by atoms with Gasteiger partial charge >= 0.3 is 5.97 Å². The fraction of sp³-hybridized carbons (Fsp3) is 0.423. The number of nitrogens with zero attached hydrogens (tertiary/aromatic N) is 7. The van der Waals surface area contributed by atoms with Crippen molar-refractivity contribution in [2.45, 2.75) is 43.5 Å². The molecule has 0 spiro atoms. The van der Waals surface area contributed by atoms with Gasteiger partial charge in [0.15, 0.2) is 28.9 Å². The summed E-state index contributed by atoms with van der Waals surface area (Å²) in [5, 5.41) is 44.5. The van der Waals surface area contributed by atoms with Crippen molar-refractivity contribution >= 4 is 28.9 Å². The lowest BCUT2D eigenvalue weighted by atomic mass is 10.1. The maximum atomic E-state index is 12.8. The first-order valence-corrected chi connectivity index (χ1v) is 13.5. The van der Waals surface area contributed by atoms with Gasteiger partial charge in [-0.3, -0.25) is 9.36 Å². The van der Waals surface area contributed by atoms with Crippen LogP contribution in [0.5, 0.6) is 0 Å². The number of nitrogens with one attached hydrogen (secondary N) is 2. The maximum absolute atomic E-state index is 12.8. The van der Waals surface area contributed by atoms with E-state index in [0.29, 0.717) is 30.1 Å². The molecule has 3 aromatic heterocycles. The van der Waals surface area contributed by atoms with Crippen molar-refractivity contribution in [3.63, 3.8) is 0 Å². The number of rotatable bonds is 9. The number of fused-ring (bicyclic) bond motifs is 1. The van der Waals surface area contributed by atoms with Gasteiger partial charge in [-0.05, 0) is 24.1 Å². The summed E-state index contributed by atoms with van der Waals surface area (Å²) in [4.78, 5) is 38.0. The van der Waals surface area contributed by atoms with Gasteiger partial charge in [0, 0.05) is 13.2 Å². The Morgan fingerprint density at radius 1 is 1.16 bits per heavy atom. The van der Waals surface area contributed by atoms with Crippen molar-refractivity contribution in [3.8, 4) is 5.95 Å². The highest BCUT2D eigenvalue weighted by molar-refractivity contribution is 5.92. The second-order valence-electron chi connectivity index (χ2n) is 10.0. The van der Waals surface area contributed by atoms with E-state index in [0.717, 1.165) is 12.0 Å². The Morgan fingerprint density at radius 2 is 1.98 bits per heavy atom. The minimum atomic E-state index is -1.36. The van der Waals surface area contributed by atoms with Gasteiger partial charge in [-0.2, -0.15) is 14.6 Å². The zero-order chi connectivity index (χ0) is 30.1. The number of aliphatic hydroxyl groups is 3. The molecule has 0 aliphatic carbocycles. The molecule has 1 amide bonds. The molecule has 5 N–H and O–H groups in total. The lowest BCUT2D eigenvalue weighted by Crippen LogP contribution is -2.33. The normalized spacial score (nSPS) is 23.5. The first-order valence-electron chi connectivity index (χ1n) is 13.5. The van der Waals surface area contributed by atoms with Crippen LogP contribution < -0.4 is 10.6 Å². The number of anilines is 1. The minimum Gasteiger partial charge on any atom is -0.465 e. The third kappa shape index (κ3) is 5.63. The van der Waals surface area contributed by atoms with Crippen molar-refractivity contribution in [3.05, 3.63) is 53.6 Å². The zero-order valence-corrected chi connectivity index (χ0v) is 22.9. The number of benzene rings is 1. The zero-order valence-electron chi connectivity index (χ0n) is 22.9. The maximum Gasteiger partial charge on any atom is 0.337 e. The molecule has 43 heavy (non-hydrogen) atoms. The van der Waals surface area contributed by atoms with Gasteiger partial charge in [0.25, 0.3) is 11.9 Å². The Bertz CT molecular complexity index is 1620. The van der Waals surface area contributed by atoms with Gasteiger partial charge < -0.3 is 40.2 Å². The topological polar surface area (TPSA) is 221 Å². The van der Waals surface area contributed by atoms with Crippen LogP contribution in [-0.2, 0) is 20.8 Å². The summed E-state index contributed by atoms with van der Waals surface area (Å²) in [6.45, 7) is 0.748. The predicted molar refractivity (Wildman–Crippen MR) is 145 cm³/mol. The standard InChI is InChI=1S/C26H29N9O8/c1-41-25(40)14-4-2-13(3-5-14)8-27-23(39)16-9-35(33-32-16)26-30-21(29-15-6-7-42-11-15)18-22(31-26)34(12-28-18)24-20(38)19(37)17(10-36)43-24/h2-5,9,12,15,17,19-20,24,36-38H,6-8,10-11H2,1H3,(H,27,39)(H,29,30,31)/t15-,17-,19-,20+,24-/m1/s1. The van der Waals surface area contributed by atoms with Crippen LogP contribution in [0, 0.1) is 0 Å². The van der Waals surface area contributed by atoms with Gasteiger partial charge in [0.05, 0.1) is 44.5 Å². The third-order valence-corrected chi connectivity index (χ3v) is 7.23. The van der Waals surface area contributed by atoms with E-state index in [9.17, 15) is 24.9 Å². The van der Waals surface area contributed by atoms with E-state index in [-0.39, 0.29) is 29.9 Å². The highest BCUT2D eigenvalue weighted by atomic mass is 16.6. The van der Waals surface area contributed by atoms with Crippen LogP contribution in [-0.4, -0.2) is 113 Å². The van der Waals surface area contributed by atoms with Crippen LogP contribution in [0.1, 0.15) is 39.1 Å². The van der Waals surface area contributed by atoms with Crippen LogP contribution in [0.15, 0.2) is 36.8 Å². The largest absolute Gasteiger partial charge is 0.465 e. The summed E-state index contributed by atoms with van der Waals surface area (Å²) in [5.74, 6) is -0.544. The molecule has 226 valence electrons. The van der Waals surface area contributed by atoms with E-state index in [1.807, 2.05) is 0 Å². The lowest BCUT2D eigenvalue weighted by molar-refractivity contribution is -0.0511.